The Kier molecular flexibility index (Phi) is 13.4. The van der Waals surface area contributed by atoms with Crippen molar-refractivity contribution in [3.05, 3.63) is 76.0 Å². The zero-order chi connectivity index (χ0) is 32.1. The molecule has 45 heavy (non-hydrogen) atoms. The fraction of sp³-hybridized carbons (Fsp3) is 0.543. The van der Waals surface area contributed by atoms with Crippen molar-refractivity contribution in [2.24, 2.45) is 0 Å². The Bertz CT molecular complexity index is 1260. The number of hydrogen-bond donors (Lipinski definition) is 1. The van der Waals surface area contributed by atoms with Crippen LogP contribution in [0.25, 0.3) is 5.57 Å². The monoisotopic (exact) mass is 626 g/mol. The molecule has 10 nitrogen and oxygen atoms in total. The molecule has 0 radical (unpaired) electrons. The van der Waals surface area contributed by atoms with Crippen LogP contribution in [0.4, 0.5) is 0 Å². The van der Waals surface area contributed by atoms with Crippen LogP contribution in [0.15, 0.2) is 48.2 Å². The molecule has 1 saturated carbocycles. The second kappa shape index (κ2) is 17.4. The van der Waals surface area contributed by atoms with Gasteiger partial charge in [-0.25, -0.2) is 9.59 Å². The number of carboxylic acid groups (broad SMARTS) is 1. The zero-order valence-corrected chi connectivity index (χ0v) is 26.6. The number of esters is 1. The molecule has 0 atom stereocenters. The van der Waals surface area contributed by atoms with E-state index < -0.39 is 11.6 Å². The van der Waals surface area contributed by atoms with Gasteiger partial charge in [0, 0.05) is 0 Å². The molecular formula is C35H46O10. The molecule has 1 spiro atoms. The van der Waals surface area contributed by atoms with Gasteiger partial charge >= 0.3 is 11.9 Å². The Labute approximate surface area is 265 Å². The van der Waals surface area contributed by atoms with Gasteiger partial charge in [0.25, 0.3) is 0 Å². The van der Waals surface area contributed by atoms with Gasteiger partial charge in [-0.3, -0.25) is 0 Å². The molecule has 2 aromatic carbocycles. The summed E-state index contributed by atoms with van der Waals surface area (Å²) in [7, 11) is 0. The maximum Gasteiger partial charge on any atom is 0.343 e. The van der Waals surface area contributed by atoms with Crippen molar-refractivity contribution in [1.29, 1.82) is 0 Å². The Balaban J connectivity index is 1.23. The van der Waals surface area contributed by atoms with Gasteiger partial charge in [0.05, 0.1) is 59.0 Å². The zero-order valence-electron chi connectivity index (χ0n) is 26.6. The fourth-order valence-corrected chi connectivity index (χ4v) is 5.97. The highest BCUT2D eigenvalue weighted by atomic mass is 16.6. The number of carbonyl (C=O) groups is 2. The van der Waals surface area contributed by atoms with Crippen molar-refractivity contribution in [2.75, 3.05) is 59.5 Å². The second-order valence-corrected chi connectivity index (χ2v) is 11.5. The number of aryl methyl sites for hydroxylation is 3. The first-order chi connectivity index (χ1) is 21.8. The van der Waals surface area contributed by atoms with Gasteiger partial charge in [0.15, 0.2) is 11.4 Å². The molecule has 2 aromatic rings. The Hall–Kier alpha value is -3.28. The van der Waals surface area contributed by atoms with Crippen LogP contribution in [0.5, 0.6) is 0 Å². The fourth-order valence-electron chi connectivity index (χ4n) is 5.97. The van der Waals surface area contributed by atoms with Gasteiger partial charge in [-0.2, -0.15) is 0 Å². The van der Waals surface area contributed by atoms with E-state index in [0.717, 1.165) is 40.7 Å². The molecule has 1 fully saturated rings. The lowest BCUT2D eigenvalue weighted by molar-refractivity contribution is -0.154. The van der Waals surface area contributed by atoms with E-state index in [1.807, 2.05) is 44.2 Å². The summed E-state index contributed by atoms with van der Waals surface area (Å²) in [5, 5.41) is 8.50. The second-order valence-electron chi connectivity index (χ2n) is 11.5. The number of benzene rings is 2. The molecule has 1 aliphatic carbocycles. The van der Waals surface area contributed by atoms with E-state index in [4.69, 9.17) is 38.3 Å². The maximum atomic E-state index is 13.5. The van der Waals surface area contributed by atoms with Crippen LogP contribution in [0.1, 0.15) is 53.5 Å². The highest BCUT2D eigenvalue weighted by Crippen LogP contribution is 2.48. The molecule has 0 aromatic heterocycles. The van der Waals surface area contributed by atoms with Gasteiger partial charge in [-0.05, 0) is 68.7 Å². The van der Waals surface area contributed by atoms with Crippen LogP contribution in [-0.4, -0.2) is 88.2 Å². The van der Waals surface area contributed by atoms with E-state index in [-0.39, 0.29) is 25.3 Å². The molecule has 0 saturated heterocycles. The lowest BCUT2D eigenvalue weighted by Crippen LogP contribution is -2.40. The first kappa shape index (κ1) is 34.6. The molecule has 246 valence electrons. The largest absolute Gasteiger partial charge is 0.488 e. The van der Waals surface area contributed by atoms with E-state index >= 15 is 0 Å². The summed E-state index contributed by atoms with van der Waals surface area (Å²) < 4.78 is 40.1. The molecule has 0 bridgehead atoms. The van der Waals surface area contributed by atoms with Crippen LogP contribution in [0.2, 0.25) is 0 Å². The first-order valence-electron chi connectivity index (χ1n) is 15.7. The summed E-state index contributed by atoms with van der Waals surface area (Å²) in [5.41, 5.74) is 4.91. The molecule has 0 amide bonds. The first-order valence-corrected chi connectivity index (χ1v) is 15.7. The third kappa shape index (κ3) is 10.1. The normalized spacial score (nSPS) is 19.7. The van der Waals surface area contributed by atoms with E-state index in [1.165, 1.54) is 0 Å². The number of carboxylic acids is 1. The lowest BCUT2D eigenvalue weighted by atomic mass is 9.80. The minimum atomic E-state index is -0.999. The third-order valence-electron chi connectivity index (χ3n) is 7.95. The molecule has 1 aliphatic heterocycles. The summed E-state index contributed by atoms with van der Waals surface area (Å²) in [6, 6.07) is 14.2. The minimum Gasteiger partial charge on any atom is -0.488 e. The highest BCUT2D eigenvalue weighted by molar-refractivity contribution is 6.20. The number of rotatable bonds is 19. The van der Waals surface area contributed by atoms with Crippen molar-refractivity contribution < 1.29 is 47.9 Å². The summed E-state index contributed by atoms with van der Waals surface area (Å²) in [4.78, 5) is 23.9. The Morgan fingerprint density at radius 3 is 1.98 bits per heavy atom. The standard InChI is InChI=1S/C35H46O10/c1-25-21-26(2)31(27(3)22-25)32-33(44-23-28-7-5-4-6-8-28)35(45-34(32)38)11-9-29(10-12-35)43-20-19-41-16-15-39-13-14-40-17-18-42-24-30(36)37/h4-8,21-22,29H,9-20,23-24H2,1-3H3,(H,36,37). The van der Waals surface area contributed by atoms with Crippen LogP contribution in [0, 0.1) is 20.8 Å². The molecule has 0 unspecified atom stereocenters. The van der Waals surface area contributed by atoms with Gasteiger partial charge in [-0.15, -0.1) is 0 Å². The number of aliphatic carboxylic acids is 1. The van der Waals surface area contributed by atoms with E-state index in [0.29, 0.717) is 77.0 Å². The maximum absolute atomic E-state index is 13.5. The molecule has 2 aliphatic rings. The van der Waals surface area contributed by atoms with Gasteiger partial charge < -0.3 is 38.3 Å². The summed E-state index contributed by atoms with van der Waals surface area (Å²) in [6.07, 6.45) is 2.80. The summed E-state index contributed by atoms with van der Waals surface area (Å²) in [6.45, 7) is 9.36. The van der Waals surface area contributed by atoms with E-state index in [2.05, 4.69) is 19.1 Å². The minimum absolute atomic E-state index is 0.0491. The number of ether oxygens (including phenoxy) is 7. The van der Waals surface area contributed by atoms with Crippen molar-refractivity contribution in [1.82, 2.24) is 0 Å². The van der Waals surface area contributed by atoms with Crippen LogP contribution in [-0.2, 0) is 49.4 Å². The van der Waals surface area contributed by atoms with Gasteiger partial charge in [0.2, 0.25) is 0 Å². The average molecular weight is 627 g/mol. The third-order valence-corrected chi connectivity index (χ3v) is 7.95. The van der Waals surface area contributed by atoms with Crippen molar-refractivity contribution in [3.8, 4) is 0 Å². The van der Waals surface area contributed by atoms with Gasteiger partial charge in [0.1, 0.15) is 18.8 Å². The van der Waals surface area contributed by atoms with Crippen LogP contribution >= 0.6 is 0 Å². The van der Waals surface area contributed by atoms with Crippen molar-refractivity contribution in [3.63, 3.8) is 0 Å². The van der Waals surface area contributed by atoms with Crippen molar-refractivity contribution >= 4 is 17.5 Å². The van der Waals surface area contributed by atoms with Gasteiger partial charge in [-0.1, -0.05) is 48.0 Å². The van der Waals surface area contributed by atoms with E-state index in [9.17, 15) is 9.59 Å². The Morgan fingerprint density at radius 2 is 1.40 bits per heavy atom. The number of carbonyl (C=O) groups excluding carboxylic acids is 1. The number of hydrogen-bond acceptors (Lipinski definition) is 9. The Morgan fingerprint density at radius 1 is 0.844 bits per heavy atom. The molecule has 10 heteroatoms. The summed E-state index contributed by atoms with van der Waals surface area (Å²) in [5.74, 6) is -0.675. The molecule has 1 N–H and O–H groups in total. The predicted octanol–water partition coefficient (Wildman–Crippen LogP) is 4.95. The quantitative estimate of drug-likeness (QED) is 0.170. The predicted molar refractivity (Wildman–Crippen MR) is 167 cm³/mol. The average Bonchev–Trinajstić information content (AvgIpc) is 3.26. The summed E-state index contributed by atoms with van der Waals surface area (Å²) >= 11 is 0. The van der Waals surface area contributed by atoms with Crippen LogP contribution in [0.3, 0.4) is 0 Å². The smallest absolute Gasteiger partial charge is 0.343 e. The van der Waals surface area contributed by atoms with Crippen molar-refractivity contribution in [2.45, 2.75) is 64.8 Å². The van der Waals surface area contributed by atoms with E-state index in [1.54, 1.807) is 0 Å². The topological polar surface area (TPSA) is 119 Å². The SMILES string of the molecule is Cc1cc(C)c(C2=C(OCc3ccccc3)C3(CCC(OCCOCCOCCOCCOCC(=O)O)CC3)OC2=O)c(C)c1. The highest BCUT2D eigenvalue weighted by Gasteiger charge is 2.52. The van der Waals surface area contributed by atoms with Crippen LogP contribution < -0.4 is 0 Å². The molecule has 4 rings (SSSR count). The molecular weight excluding hydrogens is 580 g/mol. The lowest BCUT2D eigenvalue weighted by Gasteiger charge is -2.37. The molecule has 1 heterocycles.